The number of aromatic nitrogens is 3. The molecule has 0 bridgehead atoms. The van der Waals surface area contributed by atoms with Gasteiger partial charge in [0.15, 0.2) is 0 Å². The molecule has 5 rings (SSSR count). The van der Waals surface area contributed by atoms with Gasteiger partial charge >= 0.3 is 0 Å². The quantitative estimate of drug-likeness (QED) is 0.237. The fourth-order valence-electron chi connectivity index (χ4n) is 4.17. The molecular formula is C28H23BrClN5O2. The van der Waals surface area contributed by atoms with Crippen molar-refractivity contribution in [3.8, 4) is 0 Å². The van der Waals surface area contributed by atoms with Crippen molar-refractivity contribution < 1.29 is 4.79 Å². The van der Waals surface area contributed by atoms with Crippen molar-refractivity contribution in [2.45, 2.75) is 26.3 Å². The van der Waals surface area contributed by atoms with Gasteiger partial charge in [0.25, 0.3) is 5.56 Å². The average molecular weight is 577 g/mol. The lowest BCUT2D eigenvalue weighted by Gasteiger charge is -2.11. The van der Waals surface area contributed by atoms with Crippen LogP contribution in [0.1, 0.15) is 31.2 Å². The maximum Gasteiger partial charge on any atom is 0.282 e. The first-order valence-corrected chi connectivity index (χ1v) is 12.9. The summed E-state index contributed by atoms with van der Waals surface area (Å²) in [6, 6.07) is 20.2. The molecule has 0 unspecified atom stereocenters. The second-order valence-electron chi connectivity index (χ2n) is 8.93. The van der Waals surface area contributed by atoms with Gasteiger partial charge in [-0.25, -0.2) is 4.98 Å². The van der Waals surface area contributed by atoms with Crippen LogP contribution in [0.3, 0.4) is 0 Å². The highest BCUT2D eigenvalue weighted by Crippen LogP contribution is 2.22. The summed E-state index contributed by atoms with van der Waals surface area (Å²) in [6.07, 6.45) is 3.51. The lowest BCUT2D eigenvalue weighted by molar-refractivity contribution is -0.116. The normalized spacial score (nSPS) is 11.7. The number of rotatable bonds is 6. The molecule has 7 nitrogen and oxygen atoms in total. The second kappa shape index (κ2) is 10.3. The number of halogens is 2. The fourth-order valence-corrected chi connectivity index (χ4v) is 4.66. The number of fused-ring (bicyclic) bond motifs is 2. The monoisotopic (exact) mass is 575 g/mol. The highest BCUT2D eigenvalue weighted by Gasteiger charge is 2.15. The molecule has 0 atom stereocenters. The van der Waals surface area contributed by atoms with Gasteiger partial charge in [-0.1, -0.05) is 59.6 Å². The Labute approximate surface area is 226 Å². The maximum atomic E-state index is 13.4. The number of carbonyl (C=O) groups is 1. The first kappa shape index (κ1) is 24.9. The highest BCUT2D eigenvalue weighted by molar-refractivity contribution is 9.10. The number of amides is 1. The molecule has 0 spiro atoms. The van der Waals surface area contributed by atoms with Crippen LogP contribution >= 0.6 is 27.5 Å². The molecule has 5 aromatic rings. The Kier molecular flexibility index (Phi) is 6.95. The summed E-state index contributed by atoms with van der Waals surface area (Å²) in [5.74, 6) is 0.382. The first-order chi connectivity index (χ1) is 17.8. The van der Waals surface area contributed by atoms with E-state index in [-0.39, 0.29) is 23.9 Å². The van der Waals surface area contributed by atoms with Crippen LogP contribution in [0.4, 0.5) is 5.69 Å². The van der Waals surface area contributed by atoms with E-state index in [1.165, 1.54) is 4.68 Å². The smallest absolute Gasteiger partial charge is 0.282 e. The summed E-state index contributed by atoms with van der Waals surface area (Å²) in [5.41, 5.74) is 2.73. The second-order valence-corrected chi connectivity index (χ2v) is 10.3. The molecular weight excluding hydrogens is 554 g/mol. The third-order valence-corrected chi connectivity index (χ3v) is 6.67. The molecule has 0 aliphatic carbocycles. The largest absolute Gasteiger partial charge is 0.337 e. The van der Waals surface area contributed by atoms with Crippen LogP contribution in [0.2, 0.25) is 5.02 Å². The number of para-hydroxylation sites is 1. The zero-order valence-corrected chi connectivity index (χ0v) is 22.5. The van der Waals surface area contributed by atoms with Crippen LogP contribution in [-0.4, -0.2) is 26.3 Å². The van der Waals surface area contributed by atoms with Crippen molar-refractivity contribution >= 4 is 67.1 Å². The summed E-state index contributed by atoms with van der Waals surface area (Å²) < 4.78 is 4.02. The molecule has 0 aliphatic rings. The van der Waals surface area contributed by atoms with Gasteiger partial charge in [0.1, 0.15) is 12.4 Å². The third-order valence-electron chi connectivity index (χ3n) is 5.92. The summed E-state index contributed by atoms with van der Waals surface area (Å²) in [4.78, 5) is 30.8. The molecule has 0 fully saturated rings. The Hall–Kier alpha value is -3.75. The molecule has 0 radical (unpaired) electrons. The topological polar surface area (TPSA) is 81.3 Å². The highest BCUT2D eigenvalue weighted by atomic mass is 79.9. The SMILES string of the molecule is CC(C)c1nc2ccc(Br)cc2c(=O)n1N=Cc1cn(CC(=O)Nc2ccc(Cl)cc2)c2ccccc12. The summed E-state index contributed by atoms with van der Waals surface area (Å²) in [6.45, 7) is 4.06. The fraction of sp³-hybridized carbons (Fsp3) is 0.143. The molecule has 37 heavy (non-hydrogen) atoms. The predicted molar refractivity (Wildman–Crippen MR) is 153 cm³/mol. The molecule has 2 aromatic heterocycles. The Balaban J connectivity index is 1.51. The van der Waals surface area contributed by atoms with Crippen molar-refractivity contribution in [2.24, 2.45) is 5.10 Å². The maximum absolute atomic E-state index is 13.4. The van der Waals surface area contributed by atoms with Crippen LogP contribution in [0, 0.1) is 0 Å². The van der Waals surface area contributed by atoms with Gasteiger partial charge in [-0.05, 0) is 48.5 Å². The van der Waals surface area contributed by atoms with E-state index in [9.17, 15) is 9.59 Å². The zero-order chi connectivity index (χ0) is 26.1. The number of nitrogens with zero attached hydrogens (tertiary/aromatic N) is 4. The number of anilines is 1. The van der Waals surface area contributed by atoms with E-state index in [0.29, 0.717) is 27.4 Å². The Morgan fingerprint density at radius 2 is 1.86 bits per heavy atom. The number of carbonyl (C=O) groups excluding carboxylic acids is 1. The van der Waals surface area contributed by atoms with Crippen molar-refractivity contribution in [1.29, 1.82) is 0 Å². The lowest BCUT2D eigenvalue weighted by Crippen LogP contribution is -2.23. The van der Waals surface area contributed by atoms with Crippen LogP contribution in [-0.2, 0) is 11.3 Å². The minimum absolute atomic E-state index is 0.0178. The van der Waals surface area contributed by atoms with Gasteiger partial charge in [-0.2, -0.15) is 9.78 Å². The van der Waals surface area contributed by atoms with Gasteiger partial charge < -0.3 is 9.88 Å². The number of hydrogen-bond donors (Lipinski definition) is 1. The van der Waals surface area contributed by atoms with Gasteiger partial charge in [-0.15, -0.1) is 0 Å². The Morgan fingerprint density at radius 1 is 1.11 bits per heavy atom. The molecule has 9 heteroatoms. The molecule has 0 aliphatic heterocycles. The third kappa shape index (κ3) is 5.21. The number of hydrogen-bond acceptors (Lipinski definition) is 4. The standard InChI is InChI=1S/C28H23BrClN5O2/c1-17(2)27-33-24-12-7-19(29)13-23(24)28(37)35(27)31-14-18-15-34(25-6-4-3-5-22(18)25)16-26(36)32-21-10-8-20(30)9-11-21/h3-15,17H,16H2,1-2H3,(H,32,36). The first-order valence-electron chi connectivity index (χ1n) is 11.7. The Bertz CT molecular complexity index is 1720. The summed E-state index contributed by atoms with van der Waals surface area (Å²) >= 11 is 9.37. The molecule has 3 aromatic carbocycles. The van der Waals surface area contributed by atoms with E-state index in [1.54, 1.807) is 36.5 Å². The predicted octanol–water partition coefficient (Wildman–Crippen LogP) is 6.41. The number of benzene rings is 3. The minimum Gasteiger partial charge on any atom is -0.337 e. The molecule has 2 heterocycles. The molecule has 1 N–H and O–H groups in total. The van der Waals surface area contributed by atoms with Gasteiger partial charge in [0.05, 0.1) is 17.1 Å². The van der Waals surface area contributed by atoms with Crippen LogP contribution in [0.15, 0.2) is 87.3 Å². The number of nitrogens with one attached hydrogen (secondary N) is 1. The van der Waals surface area contributed by atoms with E-state index in [0.717, 1.165) is 20.9 Å². The Morgan fingerprint density at radius 3 is 2.62 bits per heavy atom. The van der Waals surface area contributed by atoms with Crippen LogP contribution in [0.25, 0.3) is 21.8 Å². The molecule has 0 saturated carbocycles. The van der Waals surface area contributed by atoms with Gasteiger partial charge in [0, 0.05) is 43.8 Å². The minimum atomic E-state index is -0.239. The van der Waals surface area contributed by atoms with E-state index in [1.807, 2.05) is 61.0 Å². The van der Waals surface area contributed by atoms with Crippen LogP contribution in [0.5, 0.6) is 0 Å². The summed E-state index contributed by atoms with van der Waals surface area (Å²) in [7, 11) is 0. The van der Waals surface area contributed by atoms with Crippen molar-refractivity contribution in [3.63, 3.8) is 0 Å². The lowest BCUT2D eigenvalue weighted by atomic mass is 10.2. The van der Waals surface area contributed by atoms with E-state index in [2.05, 4.69) is 26.3 Å². The van der Waals surface area contributed by atoms with Crippen molar-refractivity contribution in [1.82, 2.24) is 14.2 Å². The van der Waals surface area contributed by atoms with Crippen molar-refractivity contribution in [3.05, 3.63) is 104 Å². The molecule has 1 amide bonds. The van der Waals surface area contributed by atoms with E-state index < -0.39 is 0 Å². The zero-order valence-electron chi connectivity index (χ0n) is 20.2. The van der Waals surface area contributed by atoms with E-state index in [4.69, 9.17) is 16.6 Å². The van der Waals surface area contributed by atoms with E-state index >= 15 is 0 Å². The molecule has 186 valence electrons. The molecule has 0 saturated heterocycles. The van der Waals surface area contributed by atoms with Crippen LogP contribution < -0.4 is 10.9 Å². The average Bonchev–Trinajstić information content (AvgIpc) is 3.22. The van der Waals surface area contributed by atoms with Gasteiger partial charge in [0.2, 0.25) is 5.91 Å². The van der Waals surface area contributed by atoms with Crippen molar-refractivity contribution in [2.75, 3.05) is 5.32 Å². The summed E-state index contributed by atoms with van der Waals surface area (Å²) in [5, 5.41) is 9.46. The van der Waals surface area contributed by atoms with Gasteiger partial charge in [-0.3, -0.25) is 9.59 Å².